The summed E-state index contributed by atoms with van der Waals surface area (Å²) in [6.45, 7) is 4.63. The van der Waals surface area contributed by atoms with Gasteiger partial charge in [-0.1, -0.05) is 36.8 Å². The van der Waals surface area contributed by atoms with Gasteiger partial charge in [0.25, 0.3) is 5.56 Å². The number of rotatable bonds is 5. The first-order valence-corrected chi connectivity index (χ1v) is 8.46. The summed E-state index contributed by atoms with van der Waals surface area (Å²) in [4.78, 5) is 29.1. The van der Waals surface area contributed by atoms with Crippen LogP contribution in [-0.4, -0.2) is 24.9 Å². The van der Waals surface area contributed by atoms with E-state index in [9.17, 15) is 9.59 Å². The molecule has 2 aromatic heterocycles. The van der Waals surface area contributed by atoms with Crippen molar-refractivity contribution in [2.45, 2.75) is 26.8 Å². The van der Waals surface area contributed by atoms with Crippen LogP contribution < -0.4 is 16.7 Å². The Bertz CT molecular complexity index is 1090. The number of benzene rings is 1. The van der Waals surface area contributed by atoms with Crippen molar-refractivity contribution in [1.29, 1.82) is 0 Å². The lowest BCUT2D eigenvalue weighted by Gasteiger charge is -2.07. The molecule has 0 amide bonds. The molecule has 3 rings (SSSR count). The fourth-order valence-electron chi connectivity index (χ4n) is 2.79. The third-order valence-corrected chi connectivity index (χ3v) is 4.25. The predicted molar refractivity (Wildman–Crippen MR) is 103 cm³/mol. The van der Waals surface area contributed by atoms with Crippen LogP contribution in [0.4, 0.5) is 5.95 Å². The van der Waals surface area contributed by atoms with Crippen LogP contribution in [0, 0.1) is 6.92 Å². The zero-order chi connectivity index (χ0) is 18.8. The van der Waals surface area contributed by atoms with Crippen molar-refractivity contribution in [2.24, 2.45) is 19.2 Å². The SMILES string of the molecule is CCCn1c(NN=Cc2ccc(C)cc2)nc2c1c(=O)n(C)c(=O)n2C. The maximum atomic E-state index is 12.6. The van der Waals surface area contributed by atoms with E-state index in [0.29, 0.717) is 23.7 Å². The van der Waals surface area contributed by atoms with E-state index in [-0.39, 0.29) is 5.56 Å². The Morgan fingerprint density at radius 2 is 1.85 bits per heavy atom. The van der Waals surface area contributed by atoms with Gasteiger partial charge in [-0.2, -0.15) is 10.1 Å². The number of nitrogens with zero attached hydrogens (tertiary/aromatic N) is 5. The average Bonchev–Trinajstić information content (AvgIpc) is 2.99. The molecule has 1 aromatic carbocycles. The van der Waals surface area contributed by atoms with Gasteiger partial charge < -0.3 is 4.57 Å². The molecule has 26 heavy (non-hydrogen) atoms. The minimum absolute atomic E-state index is 0.347. The molecule has 0 saturated carbocycles. The zero-order valence-corrected chi connectivity index (χ0v) is 15.4. The third kappa shape index (κ3) is 3.05. The van der Waals surface area contributed by atoms with E-state index in [1.807, 2.05) is 38.1 Å². The third-order valence-electron chi connectivity index (χ3n) is 4.25. The number of aryl methyl sites for hydroxylation is 3. The molecule has 2 heterocycles. The lowest BCUT2D eigenvalue weighted by atomic mass is 10.2. The molecule has 0 aliphatic rings. The van der Waals surface area contributed by atoms with Gasteiger partial charge in [0.2, 0.25) is 5.95 Å². The van der Waals surface area contributed by atoms with Crippen molar-refractivity contribution in [3.8, 4) is 0 Å². The topological polar surface area (TPSA) is 86.2 Å². The lowest BCUT2D eigenvalue weighted by molar-refractivity contribution is 0.679. The fraction of sp³-hybridized carbons (Fsp3) is 0.333. The monoisotopic (exact) mass is 354 g/mol. The van der Waals surface area contributed by atoms with Gasteiger partial charge in [-0.25, -0.2) is 10.2 Å². The summed E-state index contributed by atoms with van der Waals surface area (Å²) >= 11 is 0. The second-order valence-corrected chi connectivity index (χ2v) is 6.25. The van der Waals surface area contributed by atoms with Crippen molar-refractivity contribution in [3.05, 3.63) is 56.2 Å². The Labute approximate surface area is 150 Å². The average molecular weight is 354 g/mol. The predicted octanol–water partition coefficient (Wildman–Crippen LogP) is 1.60. The normalized spacial score (nSPS) is 11.5. The van der Waals surface area contributed by atoms with Gasteiger partial charge in [-0.3, -0.25) is 13.9 Å². The Kier molecular flexibility index (Phi) is 4.75. The van der Waals surface area contributed by atoms with Gasteiger partial charge in [0, 0.05) is 20.6 Å². The molecule has 0 spiro atoms. The van der Waals surface area contributed by atoms with Gasteiger partial charge in [0.15, 0.2) is 11.2 Å². The molecule has 8 nitrogen and oxygen atoms in total. The number of aromatic nitrogens is 4. The molecule has 8 heteroatoms. The number of hydrazone groups is 1. The molecule has 3 aromatic rings. The van der Waals surface area contributed by atoms with E-state index < -0.39 is 5.69 Å². The van der Waals surface area contributed by atoms with Gasteiger partial charge in [0.05, 0.1) is 6.21 Å². The number of hydrogen-bond donors (Lipinski definition) is 1. The Morgan fingerprint density at radius 3 is 2.50 bits per heavy atom. The van der Waals surface area contributed by atoms with Gasteiger partial charge >= 0.3 is 5.69 Å². The van der Waals surface area contributed by atoms with Crippen LogP contribution in [0.1, 0.15) is 24.5 Å². The molecule has 0 atom stereocenters. The molecule has 1 N–H and O–H groups in total. The maximum absolute atomic E-state index is 12.6. The van der Waals surface area contributed by atoms with Crippen molar-refractivity contribution in [3.63, 3.8) is 0 Å². The van der Waals surface area contributed by atoms with Crippen LogP contribution in [0.25, 0.3) is 11.2 Å². The Hall–Kier alpha value is -3.16. The van der Waals surface area contributed by atoms with E-state index in [0.717, 1.165) is 16.6 Å². The highest BCUT2D eigenvalue weighted by Gasteiger charge is 2.18. The van der Waals surface area contributed by atoms with Crippen molar-refractivity contribution in [2.75, 3.05) is 5.43 Å². The lowest BCUT2D eigenvalue weighted by Crippen LogP contribution is -2.37. The second kappa shape index (κ2) is 6.99. The van der Waals surface area contributed by atoms with Crippen LogP contribution in [0.5, 0.6) is 0 Å². The van der Waals surface area contributed by atoms with E-state index in [4.69, 9.17) is 0 Å². The summed E-state index contributed by atoms with van der Waals surface area (Å²) < 4.78 is 4.23. The smallest absolute Gasteiger partial charge is 0.303 e. The van der Waals surface area contributed by atoms with Gasteiger partial charge in [0.1, 0.15) is 0 Å². The van der Waals surface area contributed by atoms with Crippen molar-refractivity contribution >= 4 is 23.3 Å². The molecule has 0 aliphatic carbocycles. The van der Waals surface area contributed by atoms with E-state index >= 15 is 0 Å². The second-order valence-electron chi connectivity index (χ2n) is 6.25. The zero-order valence-electron chi connectivity index (χ0n) is 15.4. The largest absolute Gasteiger partial charge is 0.332 e. The molecule has 136 valence electrons. The van der Waals surface area contributed by atoms with Crippen LogP contribution in [0.2, 0.25) is 0 Å². The molecule has 0 aliphatic heterocycles. The van der Waals surface area contributed by atoms with Gasteiger partial charge in [-0.05, 0) is 18.9 Å². The van der Waals surface area contributed by atoms with E-state index in [2.05, 4.69) is 15.5 Å². The van der Waals surface area contributed by atoms with E-state index in [1.54, 1.807) is 17.8 Å². The first-order valence-electron chi connectivity index (χ1n) is 8.46. The van der Waals surface area contributed by atoms with Crippen LogP contribution in [0.3, 0.4) is 0 Å². The highest BCUT2D eigenvalue weighted by molar-refractivity contribution is 5.80. The molecule has 0 unspecified atom stereocenters. The summed E-state index contributed by atoms with van der Waals surface area (Å²) in [5, 5.41) is 4.23. The number of imidazole rings is 1. The summed E-state index contributed by atoms with van der Waals surface area (Å²) in [7, 11) is 3.07. The Morgan fingerprint density at radius 1 is 1.15 bits per heavy atom. The number of fused-ring (bicyclic) bond motifs is 1. The molecule has 0 radical (unpaired) electrons. The van der Waals surface area contributed by atoms with Gasteiger partial charge in [-0.15, -0.1) is 0 Å². The number of hydrogen-bond acceptors (Lipinski definition) is 5. The first kappa shape index (κ1) is 17.7. The molecule has 0 bridgehead atoms. The first-order chi connectivity index (χ1) is 12.4. The highest BCUT2D eigenvalue weighted by Crippen LogP contribution is 2.16. The van der Waals surface area contributed by atoms with Crippen LogP contribution in [0.15, 0.2) is 39.0 Å². The fourth-order valence-corrected chi connectivity index (χ4v) is 2.79. The minimum atomic E-state index is -0.404. The standard InChI is InChI=1S/C18H22N6O2/c1-5-10-24-14-15(22(3)18(26)23(4)16(14)25)20-17(24)21-19-11-13-8-6-12(2)7-9-13/h6-9,11H,5,10H2,1-4H3,(H,20,21). The minimum Gasteiger partial charge on any atom is -0.303 e. The number of nitrogens with one attached hydrogen (secondary N) is 1. The molecule has 0 saturated heterocycles. The van der Waals surface area contributed by atoms with Crippen LogP contribution in [-0.2, 0) is 20.6 Å². The summed E-state index contributed by atoms with van der Waals surface area (Å²) in [6.07, 6.45) is 2.50. The van der Waals surface area contributed by atoms with Crippen molar-refractivity contribution in [1.82, 2.24) is 18.7 Å². The molecular weight excluding hydrogens is 332 g/mol. The van der Waals surface area contributed by atoms with Crippen LogP contribution >= 0.6 is 0 Å². The molecule has 0 fully saturated rings. The number of anilines is 1. The summed E-state index contributed by atoms with van der Waals surface area (Å²) in [5.41, 5.74) is 5.00. The quantitative estimate of drug-likeness (QED) is 0.557. The maximum Gasteiger partial charge on any atom is 0.332 e. The highest BCUT2D eigenvalue weighted by atomic mass is 16.2. The molecular formula is C18H22N6O2. The summed E-state index contributed by atoms with van der Waals surface area (Å²) in [5.74, 6) is 0.434. The van der Waals surface area contributed by atoms with E-state index in [1.165, 1.54) is 17.2 Å². The Balaban J connectivity index is 2.05. The van der Waals surface area contributed by atoms with Crippen molar-refractivity contribution < 1.29 is 0 Å². The summed E-state index contributed by atoms with van der Waals surface area (Å²) in [6, 6.07) is 7.95.